The van der Waals surface area contributed by atoms with Crippen LogP contribution in [0.1, 0.15) is 16.7 Å². The van der Waals surface area contributed by atoms with E-state index in [-0.39, 0.29) is 4.90 Å². The minimum Gasteiger partial charge on any atom is -0.315 e. The molecule has 1 aromatic heterocycles. The van der Waals surface area contributed by atoms with E-state index in [2.05, 4.69) is 17.1 Å². The smallest absolute Gasteiger partial charge is 0.263 e. The average Bonchev–Trinajstić information content (AvgIpc) is 2.97. The molecule has 0 N–H and O–H groups in total. The summed E-state index contributed by atoms with van der Waals surface area (Å²) in [7, 11) is -3.72. The lowest BCUT2D eigenvalue weighted by Crippen LogP contribution is -2.21. The van der Waals surface area contributed by atoms with E-state index < -0.39 is 21.5 Å². The molecule has 2 aromatic carbocycles. The van der Waals surface area contributed by atoms with Crippen molar-refractivity contribution < 1.29 is 13.2 Å². The second kappa shape index (κ2) is 8.85. The molecule has 0 bridgehead atoms. The van der Waals surface area contributed by atoms with Gasteiger partial charge in [0, 0.05) is 12.3 Å². The molecule has 154 valence electrons. The Hall–Kier alpha value is -1.90. The number of fused-ring (bicyclic) bond motifs is 1. The minimum absolute atomic E-state index is 0.143. The Morgan fingerprint density at radius 3 is 2.45 bits per heavy atom. The van der Waals surface area contributed by atoms with E-state index in [0.717, 1.165) is 32.7 Å². The van der Waals surface area contributed by atoms with Crippen LogP contribution in [0.5, 0.6) is 0 Å². The van der Waals surface area contributed by atoms with Gasteiger partial charge in [-0.2, -0.15) is 16.8 Å². The molecule has 3 rings (SSSR count). The number of hydrogen-bond acceptors (Lipinski definition) is 5. The Balaban J connectivity index is 2.01. The predicted octanol–water partition coefficient (Wildman–Crippen LogP) is 3.89. The van der Waals surface area contributed by atoms with E-state index >= 15 is 0 Å². The topological polar surface area (TPSA) is 68.5 Å². The minimum atomic E-state index is -3.72. The molecule has 8 heteroatoms. The maximum atomic E-state index is 12.6. The number of sulfone groups is 1. The zero-order valence-electron chi connectivity index (χ0n) is 16.9. The molecule has 0 spiro atoms. The highest BCUT2D eigenvalue weighted by molar-refractivity contribution is 7.98. The first-order chi connectivity index (χ1) is 13.7. The molecule has 29 heavy (non-hydrogen) atoms. The molecule has 0 unspecified atom stereocenters. The lowest BCUT2D eigenvalue weighted by atomic mass is 10.1. The van der Waals surface area contributed by atoms with Gasteiger partial charge in [0.2, 0.25) is 0 Å². The molecule has 0 radical (unpaired) electrons. The van der Waals surface area contributed by atoms with Crippen molar-refractivity contribution in [3.05, 3.63) is 57.9 Å². The Labute approximate surface area is 179 Å². The summed E-state index contributed by atoms with van der Waals surface area (Å²) in [4.78, 5) is 17.5. The number of benzene rings is 2. The molecule has 0 aliphatic rings. The molecule has 0 fully saturated rings. The summed E-state index contributed by atoms with van der Waals surface area (Å²) in [5, 5.41) is 0. The van der Waals surface area contributed by atoms with Gasteiger partial charge in [-0.1, -0.05) is 35.1 Å². The maximum absolute atomic E-state index is 12.6. The van der Waals surface area contributed by atoms with Crippen LogP contribution in [-0.4, -0.2) is 36.7 Å². The molecule has 5 nitrogen and oxygen atoms in total. The zero-order valence-corrected chi connectivity index (χ0v) is 19.4. The summed E-state index contributed by atoms with van der Waals surface area (Å²) in [6.45, 7) is 6.67. The lowest BCUT2D eigenvalue weighted by molar-refractivity contribution is -0.115. The van der Waals surface area contributed by atoms with Crippen molar-refractivity contribution in [2.24, 2.45) is 4.99 Å². The fourth-order valence-electron chi connectivity index (χ4n) is 3.13. The molecular weight excluding hydrogens is 424 g/mol. The second-order valence-electron chi connectivity index (χ2n) is 7.04. The Bertz CT molecular complexity index is 1220. The highest BCUT2D eigenvalue weighted by atomic mass is 32.2. The van der Waals surface area contributed by atoms with Gasteiger partial charge in [-0.05, 0) is 56.4 Å². The SMILES string of the molecule is CSCCn1c(=NC(=O)CS(=O)(=O)c2ccc(C)cc2)sc2c(C)cc(C)cc21. The van der Waals surface area contributed by atoms with Gasteiger partial charge in [0.05, 0.1) is 15.1 Å². The van der Waals surface area contributed by atoms with E-state index in [1.165, 1.54) is 23.5 Å². The third-order valence-corrected chi connectivity index (χ3v) is 7.99. The van der Waals surface area contributed by atoms with Crippen LogP contribution in [-0.2, 0) is 21.2 Å². The molecule has 1 amide bonds. The number of carbonyl (C=O) groups is 1. The number of hydrogen-bond donors (Lipinski definition) is 0. The van der Waals surface area contributed by atoms with Crippen molar-refractivity contribution in [2.45, 2.75) is 32.2 Å². The van der Waals surface area contributed by atoms with Crippen LogP contribution in [0.25, 0.3) is 10.2 Å². The van der Waals surface area contributed by atoms with Gasteiger partial charge in [0.15, 0.2) is 14.6 Å². The van der Waals surface area contributed by atoms with Gasteiger partial charge in [0.1, 0.15) is 5.75 Å². The number of thioether (sulfide) groups is 1. The third-order valence-electron chi connectivity index (χ3n) is 4.55. The number of aromatic nitrogens is 1. The van der Waals surface area contributed by atoms with E-state index in [0.29, 0.717) is 11.3 Å². The van der Waals surface area contributed by atoms with E-state index in [4.69, 9.17) is 0 Å². The summed E-state index contributed by atoms with van der Waals surface area (Å²) < 4.78 is 28.3. The number of amides is 1. The van der Waals surface area contributed by atoms with E-state index in [1.807, 2.05) is 31.6 Å². The van der Waals surface area contributed by atoms with Gasteiger partial charge in [0.25, 0.3) is 5.91 Å². The normalized spacial score (nSPS) is 12.6. The van der Waals surface area contributed by atoms with Crippen molar-refractivity contribution in [3.8, 4) is 0 Å². The van der Waals surface area contributed by atoms with Crippen LogP contribution < -0.4 is 4.80 Å². The molecule has 0 saturated heterocycles. The number of thiazole rings is 1. The summed E-state index contributed by atoms with van der Waals surface area (Å²) in [5.41, 5.74) is 4.27. The van der Waals surface area contributed by atoms with Crippen molar-refractivity contribution in [2.75, 3.05) is 17.8 Å². The largest absolute Gasteiger partial charge is 0.315 e. The Kier molecular flexibility index (Phi) is 6.65. The molecule has 0 aliphatic carbocycles. The van der Waals surface area contributed by atoms with Crippen LogP contribution in [0.15, 0.2) is 46.3 Å². The maximum Gasteiger partial charge on any atom is 0.263 e. The van der Waals surface area contributed by atoms with Crippen LogP contribution >= 0.6 is 23.1 Å². The first-order valence-electron chi connectivity index (χ1n) is 9.18. The fourth-order valence-corrected chi connectivity index (χ4v) is 5.72. The summed E-state index contributed by atoms with van der Waals surface area (Å²) >= 11 is 3.15. The first kappa shape index (κ1) is 21.8. The molecule has 0 saturated carbocycles. The highest BCUT2D eigenvalue weighted by Crippen LogP contribution is 2.23. The Morgan fingerprint density at radius 1 is 1.10 bits per heavy atom. The Morgan fingerprint density at radius 2 is 1.79 bits per heavy atom. The average molecular weight is 449 g/mol. The van der Waals surface area contributed by atoms with Crippen LogP contribution in [0.3, 0.4) is 0 Å². The van der Waals surface area contributed by atoms with E-state index in [9.17, 15) is 13.2 Å². The molecule has 0 atom stereocenters. The van der Waals surface area contributed by atoms with Crippen LogP contribution in [0.4, 0.5) is 0 Å². The van der Waals surface area contributed by atoms with Gasteiger partial charge >= 0.3 is 0 Å². The standard InChI is InChI=1S/C21H24N2O3S3/c1-14-5-7-17(8-6-14)29(25,26)13-19(24)22-21-23(9-10-27-4)18-12-15(2)11-16(3)20(18)28-21/h5-8,11-12H,9-10,13H2,1-4H3. The summed E-state index contributed by atoms with van der Waals surface area (Å²) in [6, 6.07) is 10.7. The molecular formula is C21H24N2O3S3. The summed E-state index contributed by atoms with van der Waals surface area (Å²) in [6.07, 6.45) is 2.03. The van der Waals surface area contributed by atoms with Crippen LogP contribution in [0, 0.1) is 20.8 Å². The van der Waals surface area contributed by atoms with E-state index in [1.54, 1.807) is 23.9 Å². The summed E-state index contributed by atoms with van der Waals surface area (Å²) in [5.74, 6) is -0.406. The monoisotopic (exact) mass is 448 g/mol. The van der Waals surface area contributed by atoms with Gasteiger partial charge < -0.3 is 4.57 Å². The van der Waals surface area contributed by atoms with Gasteiger partial charge in [-0.25, -0.2) is 8.42 Å². The van der Waals surface area contributed by atoms with Crippen molar-refractivity contribution in [1.82, 2.24) is 4.57 Å². The number of aryl methyl sites for hydroxylation is 4. The first-order valence-corrected chi connectivity index (χ1v) is 13.0. The van der Waals surface area contributed by atoms with Crippen LogP contribution in [0.2, 0.25) is 0 Å². The number of rotatable bonds is 6. The predicted molar refractivity (Wildman–Crippen MR) is 121 cm³/mol. The second-order valence-corrected chi connectivity index (χ2v) is 11.0. The van der Waals surface area contributed by atoms with Gasteiger partial charge in [-0.3, -0.25) is 4.79 Å². The molecule has 1 heterocycles. The highest BCUT2D eigenvalue weighted by Gasteiger charge is 2.19. The number of nitrogens with zero attached hydrogens (tertiary/aromatic N) is 2. The van der Waals surface area contributed by atoms with Crippen molar-refractivity contribution in [1.29, 1.82) is 0 Å². The fraction of sp³-hybridized carbons (Fsp3) is 0.333. The van der Waals surface area contributed by atoms with Gasteiger partial charge in [-0.15, -0.1) is 0 Å². The quantitative estimate of drug-likeness (QED) is 0.574. The lowest BCUT2D eigenvalue weighted by Gasteiger charge is -2.06. The zero-order chi connectivity index (χ0) is 21.2. The van der Waals surface area contributed by atoms with Crippen molar-refractivity contribution in [3.63, 3.8) is 0 Å². The molecule has 0 aliphatic heterocycles. The van der Waals surface area contributed by atoms with Crippen molar-refractivity contribution >= 4 is 49.1 Å². The third kappa shape index (κ3) is 4.99. The number of carbonyl (C=O) groups excluding carboxylic acids is 1. The molecule has 3 aromatic rings.